The van der Waals surface area contributed by atoms with Crippen molar-refractivity contribution in [2.75, 3.05) is 6.54 Å². The fourth-order valence-electron chi connectivity index (χ4n) is 1.70. The average Bonchev–Trinajstić information content (AvgIpc) is 2.51. The van der Waals surface area contributed by atoms with Crippen molar-refractivity contribution in [3.63, 3.8) is 0 Å². The summed E-state index contributed by atoms with van der Waals surface area (Å²) in [5.41, 5.74) is 1.03. The second kappa shape index (κ2) is 3.76. The van der Waals surface area contributed by atoms with Crippen molar-refractivity contribution >= 4 is 15.9 Å². The van der Waals surface area contributed by atoms with Crippen molar-refractivity contribution in [1.82, 2.24) is 5.32 Å². The van der Waals surface area contributed by atoms with Gasteiger partial charge in [0.05, 0.1) is 6.04 Å². The van der Waals surface area contributed by atoms with Crippen LogP contribution in [0.2, 0.25) is 0 Å². The van der Waals surface area contributed by atoms with E-state index in [0.717, 1.165) is 16.6 Å². The minimum Gasteiger partial charge on any atom is -0.307 e. The SMILES string of the molecule is FC1CCNC1c1cccc(Br)c1. The van der Waals surface area contributed by atoms with Crippen molar-refractivity contribution in [3.05, 3.63) is 34.3 Å². The van der Waals surface area contributed by atoms with Crippen LogP contribution in [0.5, 0.6) is 0 Å². The van der Waals surface area contributed by atoms with E-state index < -0.39 is 6.17 Å². The fraction of sp³-hybridized carbons (Fsp3) is 0.400. The molecule has 0 amide bonds. The molecule has 0 radical (unpaired) electrons. The maximum atomic E-state index is 13.3. The molecule has 2 atom stereocenters. The lowest BCUT2D eigenvalue weighted by Crippen LogP contribution is -2.18. The Kier molecular flexibility index (Phi) is 2.65. The van der Waals surface area contributed by atoms with Crippen molar-refractivity contribution in [2.45, 2.75) is 18.6 Å². The topological polar surface area (TPSA) is 12.0 Å². The molecule has 1 aromatic carbocycles. The first-order valence-corrected chi connectivity index (χ1v) is 5.19. The molecule has 0 spiro atoms. The third-order valence-electron chi connectivity index (χ3n) is 2.35. The molecule has 0 aromatic heterocycles. The molecule has 1 aliphatic rings. The molecular weight excluding hydrogens is 233 g/mol. The van der Waals surface area contributed by atoms with Crippen molar-refractivity contribution in [2.24, 2.45) is 0 Å². The molecule has 70 valence electrons. The molecule has 1 heterocycles. The minimum absolute atomic E-state index is 0.113. The van der Waals surface area contributed by atoms with Crippen molar-refractivity contribution in [3.8, 4) is 0 Å². The number of halogens is 2. The molecule has 1 nitrogen and oxygen atoms in total. The first kappa shape index (κ1) is 9.16. The van der Waals surface area contributed by atoms with Gasteiger partial charge in [-0.05, 0) is 30.7 Å². The summed E-state index contributed by atoms with van der Waals surface area (Å²) in [6, 6.07) is 7.70. The Bertz CT molecular complexity index is 303. The predicted octanol–water partition coefficient (Wildman–Crippen LogP) is 2.82. The van der Waals surface area contributed by atoms with Gasteiger partial charge in [0.1, 0.15) is 6.17 Å². The van der Waals surface area contributed by atoms with Crippen molar-refractivity contribution < 1.29 is 4.39 Å². The number of rotatable bonds is 1. The van der Waals surface area contributed by atoms with E-state index in [0.29, 0.717) is 6.42 Å². The first-order chi connectivity index (χ1) is 6.27. The van der Waals surface area contributed by atoms with Gasteiger partial charge in [-0.15, -0.1) is 0 Å². The highest BCUT2D eigenvalue weighted by atomic mass is 79.9. The normalized spacial score (nSPS) is 27.8. The van der Waals surface area contributed by atoms with Gasteiger partial charge in [-0.1, -0.05) is 28.1 Å². The smallest absolute Gasteiger partial charge is 0.121 e. The van der Waals surface area contributed by atoms with Crippen LogP contribution in [0.4, 0.5) is 4.39 Å². The molecule has 3 heteroatoms. The van der Waals surface area contributed by atoms with E-state index in [9.17, 15) is 4.39 Å². The van der Waals surface area contributed by atoms with Crippen LogP contribution in [0, 0.1) is 0 Å². The van der Waals surface area contributed by atoms with Crippen LogP contribution < -0.4 is 5.32 Å². The Morgan fingerprint density at radius 3 is 2.92 bits per heavy atom. The van der Waals surface area contributed by atoms with Gasteiger partial charge in [-0.3, -0.25) is 0 Å². The summed E-state index contributed by atoms with van der Waals surface area (Å²) < 4.78 is 14.3. The monoisotopic (exact) mass is 243 g/mol. The number of nitrogens with one attached hydrogen (secondary N) is 1. The van der Waals surface area contributed by atoms with Gasteiger partial charge in [0, 0.05) is 4.47 Å². The maximum absolute atomic E-state index is 13.3. The molecule has 2 unspecified atom stereocenters. The lowest BCUT2D eigenvalue weighted by Gasteiger charge is -2.13. The van der Waals surface area contributed by atoms with Gasteiger partial charge in [0.25, 0.3) is 0 Å². The van der Waals surface area contributed by atoms with E-state index >= 15 is 0 Å². The average molecular weight is 244 g/mol. The van der Waals surface area contributed by atoms with Crippen LogP contribution in [0.25, 0.3) is 0 Å². The molecule has 1 fully saturated rings. The quantitative estimate of drug-likeness (QED) is 0.800. The van der Waals surface area contributed by atoms with E-state index in [1.54, 1.807) is 0 Å². The van der Waals surface area contributed by atoms with E-state index in [2.05, 4.69) is 21.2 Å². The molecule has 0 saturated carbocycles. The fourth-order valence-corrected chi connectivity index (χ4v) is 2.11. The second-order valence-corrected chi connectivity index (χ2v) is 4.21. The lowest BCUT2D eigenvalue weighted by atomic mass is 10.0. The van der Waals surface area contributed by atoms with Crippen LogP contribution >= 0.6 is 15.9 Å². The molecule has 1 N–H and O–H groups in total. The van der Waals surface area contributed by atoms with E-state index in [1.165, 1.54) is 0 Å². The van der Waals surface area contributed by atoms with Crippen LogP contribution in [0.15, 0.2) is 28.7 Å². The van der Waals surface area contributed by atoms with E-state index in [4.69, 9.17) is 0 Å². The highest BCUT2D eigenvalue weighted by molar-refractivity contribution is 9.10. The summed E-state index contributed by atoms with van der Waals surface area (Å²) in [5.74, 6) is 0. The Labute approximate surface area is 85.5 Å². The Balaban J connectivity index is 2.24. The summed E-state index contributed by atoms with van der Waals surface area (Å²) in [5, 5.41) is 3.15. The third-order valence-corrected chi connectivity index (χ3v) is 2.85. The highest BCUT2D eigenvalue weighted by Gasteiger charge is 2.27. The largest absolute Gasteiger partial charge is 0.307 e. The van der Waals surface area contributed by atoms with Gasteiger partial charge >= 0.3 is 0 Å². The van der Waals surface area contributed by atoms with Crippen molar-refractivity contribution in [1.29, 1.82) is 0 Å². The van der Waals surface area contributed by atoms with E-state index in [-0.39, 0.29) is 6.04 Å². The number of hydrogen-bond acceptors (Lipinski definition) is 1. The number of hydrogen-bond donors (Lipinski definition) is 1. The molecule has 0 bridgehead atoms. The molecule has 1 aliphatic heterocycles. The van der Waals surface area contributed by atoms with E-state index in [1.807, 2.05) is 24.3 Å². The second-order valence-electron chi connectivity index (χ2n) is 3.29. The predicted molar refractivity (Wildman–Crippen MR) is 54.4 cm³/mol. The Hall–Kier alpha value is -0.410. The van der Waals surface area contributed by atoms with Gasteiger partial charge < -0.3 is 5.32 Å². The summed E-state index contributed by atoms with van der Waals surface area (Å²) in [4.78, 5) is 0. The maximum Gasteiger partial charge on any atom is 0.121 e. The molecule has 1 aromatic rings. The van der Waals surface area contributed by atoms with Gasteiger partial charge in [0.2, 0.25) is 0 Å². The summed E-state index contributed by atoms with van der Waals surface area (Å²) in [6.07, 6.45) is -0.119. The summed E-state index contributed by atoms with van der Waals surface area (Å²) in [6.45, 7) is 0.776. The van der Waals surface area contributed by atoms with Crippen LogP contribution in [0.1, 0.15) is 18.0 Å². The van der Waals surface area contributed by atoms with Gasteiger partial charge in [-0.2, -0.15) is 0 Å². The first-order valence-electron chi connectivity index (χ1n) is 4.40. The van der Waals surface area contributed by atoms with Gasteiger partial charge in [0.15, 0.2) is 0 Å². The molecule has 2 rings (SSSR count). The standard InChI is InChI=1S/C10H11BrFN/c11-8-3-1-2-7(6-8)10-9(12)4-5-13-10/h1-3,6,9-10,13H,4-5H2. The van der Waals surface area contributed by atoms with Crippen LogP contribution in [0.3, 0.4) is 0 Å². The Morgan fingerprint density at radius 2 is 2.31 bits per heavy atom. The lowest BCUT2D eigenvalue weighted by molar-refractivity contribution is 0.304. The van der Waals surface area contributed by atoms with Crippen LogP contribution in [-0.2, 0) is 0 Å². The van der Waals surface area contributed by atoms with Gasteiger partial charge in [-0.25, -0.2) is 4.39 Å². The summed E-state index contributed by atoms with van der Waals surface area (Å²) >= 11 is 3.38. The zero-order valence-electron chi connectivity index (χ0n) is 7.13. The molecular formula is C10H11BrFN. The molecule has 1 saturated heterocycles. The molecule has 0 aliphatic carbocycles. The third kappa shape index (κ3) is 1.92. The van der Waals surface area contributed by atoms with Crippen LogP contribution in [-0.4, -0.2) is 12.7 Å². The number of alkyl halides is 1. The highest BCUT2D eigenvalue weighted by Crippen LogP contribution is 2.27. The zero-order valence-corrected chi connectivity index (χ0v) is 8.72. The Morgan fingerprint density at radius 1 is 1.46 bits per heavy atom. The molecule has 13 heavy (non-hydrogen) atoms. The zero-order chi connectivity index (χ0) is 9.26. The minimum atomic E-state index is -0.741. The summed E-state index contributed by atoms with van der Waals surface area (Å²) in [7, 11) is 0. The number of benzene rings is 1.